The number of aromatic nitrogens is 2. The number of fused-ring (bicyclic) bond motifs is 2. The Labute approximate surface area is 387 Å². The molecular weight excluding hydrogens is 882 g/mol. The topological polar surface area (TPSA) is 130 Å². The summed E-state index contributed by atoms with van der Waals surface area (Å²) in [4.78, 5) is 37.4. The summed E-state index contributed by atoms with van der Waals surface area (Å²) >= 11 is 3.42. The van der Waals surface area contributed by atoms with E-state index in [1.54, 1.807) is 22.7 Å². The zero-order chi connectivity index (χ0) is 44.8. The van der Waals surface area contributed by atoms with Crippen molar-refractivity contribution in [1.82, 2.24) is 8.68 Å². The first-order valence-electron chi connectivity index (χ1n) is 21.0. The number of hydrogen-bond acceptors (Lipinski definition) is 9. The lowest BCUT2D eigenvalue weighted by Gasteiger charge is -2.27. The molecule has 0 saturated heterocycles. The summed E-state index contributed by atoms with van der Waals surface area (Å²) in [7, 11) is -4.08. The number of thiophene rings is 2. The van der Waals surface area contributed by atoms with E-state index in [4.69, 9.17) is 29.8 Å². The lowest BCUT2D eigenvalue weighted by Crippen LogP contribution is -2.37. The predicted octanol–water partition coefficient (Wildman–Crippen LogP) is 11.1. The minimum Gasteiger partial charge on any atom is -0.356 e. The Bertz CT molecular complexity index is 3330. The average molecular weight is 918 g/mol. The number of benzene rings is 4. The van der Waals surface area contributed by atoms with Crippen molar-refractivity contribution < 1.29 is 14.5 Å². The molecule has 0 amide bonds. The van der Waals surface area contributed by atoms with E-state index in [-0.39, 0.29) is 6.61 Å². The van der Waals surface area contributed by atoms with Crippen molar-refractivity contribution in [2.24, 2.45) is 9.98 Å². The fourth-order valence-corrected chi connectivity index (χ4v) is 13.3. The highest BCUT2D eigenvalue weighted by Crippen LogP contribution is 2.62. The highest BCUT2D eigenvalue weighted by molar-refractivity contribution is 7.62. The molecule has 4 aliphatic rings. The van der Waals surface area contributed by atoms with Gasteiger partial charge in [0.2, 0.25) is 0 Å². The van der Waals surface area contributed by atoms with Crippen LogP contribution in [0.15, 0.2) is 221 Å². The number of hydrogen-bond donors (Lipinski definition) is 1. The molecule has 8 aromatic rings. The fourth-order valence-electron chi connectivity index (χ4n) is 8.95. The molecule has 4 aromatic heterocycles. The van der Waals surface area contributed by atoms with Gasteiger partial charge in [-0.2, -0.15) is 9.42 Å². The zero-order valence-electron chi connectivity index (χ0n) is 34.8. The standard InChI is InChI=1S/C53H36N4O2PS2.NO3/c58-60(59-34-39-23-32-49(62-39)48-22-13-33-61-48)56-44-28-29-45(56)52(37-18-9-3-10-19-37)42-26-27-43(55-42)53(38-20-11-4-12-21-38)47-31-30-46(57(47)60)51(36-16-7-2-8-17-36)41-25-24-40(54-41)50(44)35-14-5-1-6-15-35;2-1(3)4/h1-33,58H,34H2;/q+1;-1. The van der Waals surface area contributed by atoms with Gasteiger partial charge in [0.25, 0.3) is 0 Å². The van der Waals surface area contributed by atoms with Gasteiger partial charge in [0.05, 0.1) is 50.0 Å². The van der Waals surface area contributed by atoms with Crippen LogP contribution < -0.4 is 10.7 Å². The van der Waals surface area contributed by atoms with E-state index in [2.05, 4.69) is 184 Å². The molecule has 4 aromatic carbocycles. The molecule has 6 bridgehead atoms. The van der Waals surface area contributed by atoms with Crippen molar-refractivity contribution in [3.05, 3.63) is 275 Å². The highest BCUT2D eigenvalue weighted by Gasteiger charge is 2.52. The van der Waals surface area contributed by atoms with Crippen LogP contribution in [0.1, 0.15) is 38.5 Å². The maximum atomic E-state index is 14.7. The van der Waals surface area contributed by atoms with Gasteiger partial charge in [-0.3, -0.25) is 0 Å². The molecule has 4 aliphatic heterocycles. The van der Waals surface area contributed by atoms with Crippen LogP contribution in [-0.4, -0.2) is 30.1 Å². The molecule has 0 fully saturated rings. The molecule has 12 rings (SSSR count). The van der Waals surface area contributed by atoms with E-state index < -0.39 is 13.1 Å². The molecule has 13 heteroatoms. The van der Waals surface area contributed by atoms with Crippen molar-refractivity contribution >= 4 is 64.4 Å². The predicted molar refractivity (Wildman–Crippen MR) is 267 cm³/mol. The van der Waals surface area contributed by atoms with Crippen LogP contribution in [0.4, 0.5) is 0 Å². The Morgan fingerprint density at radius 1 is 0.530 bits per heavy atom. The van der Waals surface area contributed by atoms with Crippen molar-refractivity contribution in [3.63, 3.8) is 0 Å². The third-order valence-electron chi connectivity index (χ3n) is 11.6. The van der Waals surface area contributed by atoms with Gasteiger partial charge in [0.1, 0.15) is 6.61 Å². The molecule has 320 valence electrons. The maximum absolute atomic E-state index is 14.7. The Balaban J connectivity index is 0.00000116. The smallest absolute Gasteiger partial charge is 0.356 e. The second kappa shape index (κ2) is 17.1. The van der Waals surface area contributed by atoms with Crippen LogP contribution in [0.2, 0.25) is 0 Å². The van der Waals surface area contributed by atoms with Crippen LogP contribution in [0.5, 0.6) is 0 Å². The monoisotopic (exact) mass is 917 g/mol. The first-order chi connectivity index (χ1) is 32.4. The van der Waals surface area contributed by atoms with E-state index in [1.807, 2.05) is 24.3 Å². The minimum absolute atomic E-state index is 0.169. The summed E-state index contributed by atoms with van der Waals surface area (Å²) in [6.07, 6.45) is 8.44. The molecule has 1 unspecified atom stereocenters. The van der Waals surface area contributed by atoms with Gasteiger partial charge in [-0.05, 0) is 94.4 Å². The van der Waals surface area contributed by atoms with Gasteiger partial charge >= 0.3 is 8.02 Å². The maximum Gasteiger partial charge on any atom is 0.495 e. The molecule has 0 spiro atoms. The minimum atomic E-state index is -4.08. The number of aliphatic imine (C=N–C) groups is 2. The van der Waals surface area contributed by atoms with Crippen molar-refractivity contribution in [3.8, 4) is 9.75 Å². The lowest BCUT2D eigenvalue weighted by atomic mass is 10.0. The van der Waals surface area contributed by atoms with E-state index in [0.717, 1.165) is 94.3 Å². The molecule has 10 nitrogen and oxygen atoms in total. The zero-order valence-corrected chi connectivity index (χ0v) is 37.4. The summed E-state index contributed by atoms with van der Waals surface area (Å²) in [5.41, 5.74) is 12.2. The van der Waals surface area contributed by atoms with Gasteiger partial charge in [-0.15, -0.1) is 31.3 Å². The van der Waals surface area contributed by atoms with Crippen molar-refractivity contribution in [2.75, 3.05) is 0 Å². The van der Waals surface area contributed by atoms with E-state index in [0.29, 0.717) is 0 Å². The molecule has 0 radical (unpaired) electrons. The first-order valence-corrected chi connectivity index (χ1v) is 24.3. The Kier molecular flexibility index (Phi) is 10.7. The average Bonchev–Trinajstić information content (AvgIpc) is 4.21. The van der Waals surface area contributed by atoms with Gasteiger partial charge in [-0.25, -0.2) is 9.98 Å². The van der Waals surface area contributed by atoms with Crippen LogP contribution in [0.3, 0.4) is 0 Å². The van der Waals surface area contributed by atoms with E-state index in [1.165, 1.54) is 9.75 Å². The molecule has 1 N–H and O–H groups in total. The molecule has 0 aliphatic carbocycles. The second-order valence-electron chi connectivity index (χ2n) is 15.5. The largest absolute Gasteiger partial charge is 0.495 e. The van der Waals surface area contributed by atoms with E-state index in [9.17, 15) is 4.89 Å². The SMILES string of the molecule is O=[N+]([O-])[O-].O[P+]1(OCc2ccc(-c3cccs3)s2)n2c3ccc2C(c2ccccc2)=C2C=CC(=N2)C(c2ccccc2)=c2ccc(n21)=C(c1ccccc1)C1=NC(=C3c2ccccc2)C=C1. The Hall–Kier alpha value is -7.57. The normalized spacial score (nSPS) is 16.8. The number of rotatable bonds is 8. The summed E-state index contributed by atoms with van der Waals surface area (Å²) < 4.78 is 11.7. The lowest BCUT2D eigenvalue weighted by molar-refractivity contribution is -0.402. The number of allylic oxidation sites excluding steroid dienone is 4. The van der Waals surface area contributed by atoms with Gasteiger partial charge in [0.15, 0.2) is 0 Å². The summed E-state index contributed by atoms with van der Waals surface area (Å²) in [6.45, 7) is 0.169. The van der Waals surface area contributed by atoms with Gasteiger partial charge in [0, 0.05) is 36.9 Å². The molecule has 66 heavy (non-hydrogen) atoms. The summed E-state index contributed by atoms with van der Waals surface area (Å²) in [5, 5.41) is 18.4. The van der Waals surface area contributed by atoms with Gasteiger partial charge in [-0.1, -0.05) is 127 Å². The third-order valence-corrected chi connectivity index (χ3v) is 16.1. The van der Waals surface area contributed by atoms with Crippen LogP contribution in [-0.2, 0) is 11.1 Å². The van der Waals surface area contributed by atoms with Crippen LogP contribution in [0, 0.1) is 15.3 Å². The molecule has 1 atom stereocenters. The first kappa shape index (κ1) is 41.2. The van der Waals surface area contributed by atoms with Crippen molar-refractivity contribution in [1.29, 1.82) is 0 Å². The van der Waals surface area contributed by atoms with Crippen LogP contribution >= 0.6 is 30.7 Å². The molecule has 8 heterocycles. The third kappa shape index (κ3) is 7.27. The molecular formula is C53H36N5O5PS2. The van der Waals surface area contributed by atoms with E-state index >= 15 is 0 Å². The Morgan fingerprint density at radius 2 is 0.985 bits per heavy atom. The van der Waals surface area contributed by atoms with Crippen molar-refractivity contribution in [2.45, 2.75) is 6.61 Å². The quantitative estimate of drug-likeness (QED) is 0.0921. The molecule has 0 saturated carbocycles. The Morgan fingerprint density at radius 3 is 1.42 bits per heavy atom. The van der Waals surface area contributed by atoms with Crippen LogP contribution in [0.25, 0.3) is 32.0 Å². The summed E-state index contributed by atoms with van der Waals surface area (Å²) in [5.74, 6) is 0. The second-order valence-corrected chi connectivity index (χ2v) is 19.7. The van der Waals surface area contributed by atoms with Gasteiger partial charge < -0.3 is 15.3 Å². The fraction of sp³-hybridized carbons (Fsp3) is 0.0189. The highest BCUT2D eigenvalue weighted by atomic mass is 32.1. The summed E-state index contributed by atoms with van der Waals surface area (Å²) in [6, 6.07) is 58.5. The number of nitrogens with zero attached hydrogens (tertiary/aromatic N) is 5.